The smallest absolute Gasteiger partial charge is 0.410 e. The van der Waals surface area contributed by atoms with Crippen LogP contribution in [-0.4, -0.2) is 40.8 Å². The van der Waals surface area contributed by atoms with Crippen LogP contribution in [0, 0.1) is 0 Å². The van der Waals surface area contributed by atoms with E-state index >= 15 is 0 Å². The van der Waals surface area contributed by atoms with Crippen LogP contribution in [0.2, 0.25) is 0 Å². The quantitative estimate of drug-likeness (QED) is 0.846. The Kier molecular flexibility index (Phi) is 4.15. The molecule has 0 bridgehead atoms. The molecule has 1 aliphatic rings. The van der Waals surface area contributed by atoms with E-state index < -0.39 is 5.60 Å². The first kappa shape index (κ1) is 15.6. The second-order valence-corrected chi connectivity index (χ2v) is 6.76. The highest BCUT2D eigenvalue weighted by molar-refractivity contribution is 5.72. The van der Waals surface area contributed by atoms with Crippen LogP contribution in [0.4, 0.5) is 4.79 Å². The van der Waals surface area contributed by atoms with Gasteiger partial charge in [-0.25, -0.2) is 4.79 Å². The molecule has 124 valence electrons. The van der Waals surface area contributed by atoms with Crippen LogP contribution in [-0.2, 0) is 4.74 Å². The number of fused-ring (bicyclic) bond motifs is 1. The monoisotopic (exact) mass is 318 g/mol. The lowest BCUT2D eigenvalue weighted by molar-refractivity contribution is 0.00411. The Morgan fingerprint density at radius 3 is 2.87 bits per heavy atom. The van der Waals surface area contributed by atoms with Gasteiger partial charge in [-0.3, -0.25) is 0 Å². The fourth-order valence-electron chi connectivity index (χ4n) is 2.57. The first-order valence-corrected chi connectivity index (χ1v) is 7.91. The molecule has 0 unspecified atom stereocenters. The third-order valence-electron chi connectivity index (χ3n) is 3.57. The number of likely N-dealkylation sites (tertiary alicyclic amines) is 1. The molecule has 1 fully saturated rings. The van der Waals surface area contributed by atoms with Crippen molar-refractivity contribution in [3.63, 3.8) is 0 Å². The number of carbonyl (C=O) groups excluding carboxylic acids is 1. The SMILES string of the molecule is CC(C)(C)OC(=O)N1CCC[C@@H](Oc2nc3ccccc3o2)C1. The molecular formula is C17H22N2O4. The van der Waals surface area contributed by atoms with Crippen molar-refractivity contribution < 1.29 is 18.7 Å². The third-order valence-corrected chi connectivity index (χ3v) is 3.57. The Labute approximate surface area is 135 Å². The Hall–Kier alpha value is -2.24. The van der Waals surface area contributed by atoms with Crippen molar-refractivity contribution in [2.45, 2.75) is 45.3 Å². The molecule has 0 radical (unpaired) electrons. The molecule has 1 saturated heterocycles. The van der Waals surface area contributed by atoms with Gasteiger partial charge < -0.3 is 18.8 Å². The summed E-state index contributed by atoms with van der Waals surface area (Å²) >= 11 is 0. The fourth-order valence-corrected chi connectivity index (χ4v) is 2.57. The molecule has 3 rings (SSSR count). The summed E-state index contributed by atoms with van der Waals surface area (Å²) in [6.45, 7) is 6.75. The highest BCUT2D eigenvalue weighted by Gasteiger charge is 2.29. The van der Waals surface area contributed by atoms with Gasteiger partial charge in [0.2, 0.25) is 0 Å². The largest absolute Gasteiger partial charge is 0.445 e. The Morgan fingerprint density at radius 2 is 2.13 bits per heavy atom. The zero-order valence-corrected chi connectivity index (χ0v) is 13.7. The second-order valence-electron chi connectivity index (χ2n) is 6.76. The summed E-state index contributed by atoms with van der Waals surface area (Å²) in [7, 11) is 0. The van der Waals surface area contributed by atoms with Crippen LogP contribution in [0.3, 0.4) is 0 Å². The number of ether oxygens (including phenoxy) is 2. The molecule has 23 heavy (non-hydrogen) atoms. The standard InChI is InChI=1S/C17H22N2O4/c1-17(2,3)23-16(20)19-10-6-7-12(11-19)21-15-18-13-8-4-5-9-14(13)22-15/h4-5,8-9,12H,6-7,10-11H2,1-3H3/t12-/m1/s1. The first-order chi connectivity index (χ1) is 10.9. The Morgan fingerprint density at radius 1 is 1.35 bits per heavy atom. The van der Waals surface area contributed by atoms with Crippen molar-refractivity contribution >= 4 is 17.2 Å². The number of aromatic nitrogens is 1. The predicted molar refractivity (Wildman–Crippen MR) is 85.5 cm³/mol. The minimum absolute atomic E-state index is 0.135. The molecule has 1 aromatic heterocycles. The van der Waals surface area contributed by atoms with Gasteiger partial charge in [0.1, 0.15) is 17.2 Å². The lowest BCUT2D eigenvalue weighted by Gasteiger charge is -2.33. The molecule has 2 aromatic rings. The van der Waals surface area contributed by atoms with Crippen molar-refractivity contribution in [3.05, 3.63) is 24.3 Å². The van der Waals surface area contributed by atoms with Crippen molar-refractivity contribution in [3.8, 4) is 6.08 Å². The van der Waals surface area contributed by atoms with Gasteiger partial charge in [-0.2, -0.15) is 4.98 Å². The molecule has 0 spiro atoms. The van der Waals surface area contributed by atoms with Gasteiger partial charge in [-0.15, -0.1) is 0 Å². The minimum Gasteiger partial charge on any atom is -0.445 e. The van der Waals surface area contributed by atoms with E-state index in [0.29, 0.717) is 18.7 Å². The van der Waals surface area contributed by atoms with Gasteiger partial charge in [-0.05, 0) is 45.7 Å². The van der Waals surface area contributed by atoms with Crippen LogP contribution in [0.1, 0.15) is 33.6 Å². The van der Waals surface area contributed by atoms with E-state index in [4.69, 9.17) is 13.9 Å². The number of carbonyl (C=O) groups is 1. The maximum atomic E-state index is 12.2. The van der Waals surface area contributed by atoms with Crippen LogP contribution < -0.4 is 4.74 Å². The molecule has 1 aliphatic heterocycles. The summed E-state index contributed by atoms with van der Waals surface area (Å²) in [5, 5.41) is 0. The van der Waals surface area contributed by atoms with Crippen LogP contribution in [0.25, 0.3) is 11.1 Å². The molecule has 2 heterocycles. The number of piperidine rings is 1. The number of hydrogen-bond acceptors (Lipinski definition) is 5. The van der Waals surface area contributed by atoms with Gasteiger partial charge in [0.05, 0.1) is 6.54 Å². The maximum Gasteiger partial charge on any atom is 0.410 e. The van der Waals surface area contributed by atoms with Gasteiger partial charge in [0.25, 0.3) is 0 Å². The number of benzene rings is 1. The summed E-state index contributed by atoms with van der Waals surface area (Å²) in [4.78, 5) is 18.2. The van der Waals surface area contributed by atoms with E-state index in [9.17, 15) is 4.79 Å². The summed E-state index contributed by atoms with van der Waals surface area (Å²) in [6.07, 6.45) is 1.54. The van der Waals surface area contributed by atoms with Crippen molar-refractivity contribution in [1.29, 1.82) is 0 Å². The lowest BCUT2D eigenvalue weighted by Crippen LogP contribution is -2.46. The van der Waals surface area contributed by atoms with E-state index in [1.807, 2.05) is 45.0 Å². The number of rotatable bonds is 2. The van der Waals surface area contributed by atoms with Crippen molar-refractivity contribution in [2.24, 2.45) is 0 Å². The van der Waals surface area contributed by atoms with Gasteiger partial charge in [0.15, 0.2) is 5.58 Å². The molecule has 1 atom stereocenters. The van der Waals surface area contributed by atoms with Crippen LogP contribution in [0.5, 0.6) is 6.08 Å². The summed E-state index contributed by atoms with van der Waals surface area (Å²) in [6, 6.07) is 7.52. The molecule has 1 amide bonds. The molecule has 0 saturated carbocycles. The first-order valence-electron chi connectivity index (χ1n) is 7.91. The van der Waals surface area contributed by atoms with Crippen molar-refractivity contribution in [2.75, 3.05) is 13.1 Å². The van der Waals surface area contributed by atoms with E-state index in [2.05, 4.69) is 4.98 Å². The van der Waals surface area contributed by atoms with Gasteiger partial charge in [-0.1, -0.05) is 12.1 Å². The number of nitrogens with zero attached hydrogens (tertiary/aromatic N) is 2. The fraction of sp³-hybridized carbons (Fsp3) is 0.529. The second kappa shape index (κ2) is 6.10. The van der Waals surface area contributed by atoms with E-state index in [-0.39, 0.29) is 18.3 Å². The van der Waals surface area contributed by atoms with Crippen LogP contribution >= 0.6 is 0 Å². The molecule has 0 N–H and O–H groups in total. The number of para-hydroxylation sites is 2. The molecular weight excluding hydrogens is 296 g/mol. The van der Waals surface area contributed by atoms with Crippen molar-refractivity contribution in [1.82, 2.24) is 9.88 Å². The Bertz CT molecular complexity index is 656. The summed E-state index contributed by atoms with van der Waals surface area (Å²) in [5.74, 6) is 0. The Balaban J connectivity index is 1.63. The topological polar surface area (TPSA) is 64.8 Å². The number of oxazole rings is 1. The van der Waals surface area contributed by atoms with Gasteiger partial charge in [0, 0.05) is 6.54 Å². The highest BCUT2D eigenvalue weighted by atomic mass is 16.6. The van der Waals surface area contributed by atoms with E-state index in [0.717, 1.165) is 18.4 Å². The summed E-state index contributed by atoms with van der Waals surface area (Å²) < 4.78 is 16.8. The lowest BCUT2D eigenvalue weighted by atomic mass is 10.1. The number of amides is 1. The molecule has 0 aliphatic carbocycles. The molecule has 6 nitrogen and oxygen atoms in total. The minimum atomic E-state index is -0.495. The zero-order chi connectivity index (χ0) is 16.4. The van der Waals surface area contributed by atoms with E-state index in [1.165, 1.54) is 0 Å². The molecule has 6 heteroatoms. The predicted octanol–water partition coefficient (Wildman–Crippen LogP) is 3.61. The van der Waals surface area contributed by atoms with Gasteiger partial charge >= 0.3 is 12.2 Å². The van der Waals surface area contributed by atoms with Crippen LogP contribution in [0.15, 0.2) is 28.7 Å². The zero-order valence-electron chi connectivity index (χ0n) is 13.7. The number of hydrogen-bond donors (Lipinski definition) is 0. The maximum absolute atomic E-state index is 12.2. The van der Waals surface area contributed by atoms with E-state index in [1.54, 1.807) is 4.90 Å². The average molecular weight is 318 g/mol. The average Bonchev–Trinajstić information content (AvgIpc) is 2.88. The normalized spacial score (nSPS) is 18.9. The summed E-state index contributed by atoms with van der Waals surface area (Å²) in [5.41, 5.74) is 0.968. The highest BCUT2D eigenvalue weighted by Crippen LogP contribution is 2.23. The third kappa shape index (κ3) is 3.94. The molecule has 1 aromatic carbocycles.